The maximum Gasteiger partial charge on any atom is 0.231 e. The van der Waals surface area contributed by atoms with E-state index in [-0.39, 0.29) is 13.4 Å². The predicted molar refractivity (Wildman–Crippen MR) is 94.5 cm³/mol. The van der Waals surface area contributed by atoms with Crippen molar-refractivity contribution in [3.63, 3.8) is 0 Å². The summed E-state index contributed by atoms with van der Waals surface area (Å²) < 4.78 is 21.7. The summed E-state index contributed by atoms with van der Waals surface area (Å²) in [6.07, 6.45) is 0. The van der Waals surface area contributed by atoms with Gasteiger partial charge in [-0.15, -0.1) is 0 Å². The van der Waals surface area contributed by atoms with Crippen LogP contribution in [0.5, 0.6) is 23.0 Å². The van der Waals surface area contributed by atoms with Crippen LogP contribution in [0.2, 0.25) is 0 Å². The van der Waals surface area contributed by atoms with Gasteiger partial charge in [0.1, 0.15) is 0 Å². The second-order valence-corrected chi connectivity index (χ2v) is 5.75. The van der Waals surface area contributed by atoms with Crippen molar-refractivity contribution in [3.05, 3.63) is 48.0 Å². The molecule has 1 heterocycles. The molecule has 0 saturated heterocycles. The van der Waals surface area contributed by atoms with E-state index in [4.69, 9.17) is 18.9 Å². The molecule has 0 radical (unpaired) electrons. The van der Waals surface area contributed by atoms with Gasteiger partial charge in [0.15, 0.2) is 23.0 Å². The number of methoxy groups -OCH3 is 2. The van der Waals surface area contributed by atoms with E-state index >= 15 is 0 Å². The molecule has 0 unspecified atom stereocenters. The Labute approximate surface area is 145 Å². The molecular weight excluding hydrogens is 320 g/mol. The van der Waals surface area contributed by atoms with Crippen LogP contribution < -0.4 is 18.9 Å². The molecule has 4 rings (SSSR count). The van der Waals surface area contributed by atoms with E-state index in [0.29, 0.717) is 17.2 Å². The Balaban J connectivity index is 2.00. The monoisotopic (exact) mass is 338 g/mol. The Bertz CT molecular complexity index is 948. The topological polar surface area (TPSA) is 57.2 Å². The summed E-state index contributed by atoms with van der Waals surface area (Å²) in [5.41, 5.74) is 2.73. The van der Waals surface area contributed by atoms with Crippen molar-refractivity contribution in [1.29, 1.82) is 0 Å². The highest BCUT2D eigenvalue weighted by Gasteiger charge is 2.18. The van der Waals surface area contributed by atoms with Crippen LogP contribution in [0, 0.1) is 0 Å². The third-order valence-corrected chi connectivity index (χ3v) is 4.44. The first kappa shape index (κ1) is 15.6. The van der Waals surface area contributed by atoms with E-state index < -0.39 is 0 Å². The maximum absolute atomic E-state index is 9.85. The molecule has 0 saturated carbocycles. The predicted octanol–water partition coefficient (Wildman–Crippen LogP) is 3.75. The van der Waals surface area contributed by atoms with Gasteiger partial charge in [0.25, 0.3) is 0 Å². The standard InChI is InChI=1S/C20H18O5/c1-22-17-7-12-3-4-14(10-21)20(15(12)9-18(17)23-2)13-5-6-16-19(8-13)25-11-24-16/h3-9,21H,10-11H2,1-2H3. The Morgan fingerprint density at radius 1 is 0.920 bits per heavy atom. The van der Waals surface area contributed by atoms with Gasteiger partial charge in [-0.25, -0.2) is 0 Å². The van der Waals surface area contributed by atoms with Gasteiger partial charge in [-0.2, -0.15) is 0 Å². The lowest BCUT2D eigenvalue weighted by Gasteiger charge is -2.15. The number of aliphatic hydroxyl groups is 1. The van der Waals surface area contributed by atoms with Crippen molar-refractivity contribution in [2.75, 3.05) is 21.0 Å². The third-order valence-electron chi connectivity index (χ3n) is 4.44. The highest BCUT2D eigenvalue weighted by molar-refractivity contribution is 6.00. The zero-order chi connectivity index (χ0) is 17.4. The number of hydrogen-bond donors (Lipinski definition) is 1. The Morgan fingerprint density at radius 3 is 2.44 bits per heavy atom. The van der Waals surface area contributed by atoms with Gasteiger partial charge in [0.05, 0.1) is 20.8 Å². The molecule has 3 aromatic rings. The molecule has 0 bridgehead atoms. The molecule has 0 amide bonds. The van der Waals surface area contributed by atoms with Gasteiger partial charge in [-0.1, -0.05) is 18.2 Å². The number of hydrogen-bond acceptors (Lipinski definition) is 5. The molecule has 128 valence electrons. The average molecular weight is 338 g/mol. The lowest BCUT2D eigenvalue weighted by atomic mass is 9.93. The second-order valence-electron chi connectivity index (χ2n) is 5.75. The minimum Gasteiger partial charge on any atom is -0.493 e. The van der Waals surface area contributed by atoms with Crippen LogP contribution in [0.1, 0.15) is 5.56 Å². The minimum absolute atomic E-state index is 0.0614. The van der Waals surface area contributed by atoms with Crippen molar-refractivity contribution in [1.82, 2.24) is 0 Å². The summed E-state index contributed by atoms with van der Waals surface area (Å²) in [4.78, 5) is 0. The number of benzene rings is 3. The summed E-state index contributed by atoms with van der Waals surface area (Å²) in [6, 6.07) is 13.6. The summed E-state index contributed by atoms with van der Waals surface area (Å²) in [6.45, 7) is 0.167. The van der Waals surface area contributed by atoms with E-state index in [1.54, 1.807) is 14.2 Å². The van der Waals surface area contributed by atoms with Gasteiger partial charge in [0, 0.05) is 0 Å². The van der Waals surface area contributed by atoms with Crippen LogP contribution in [-0.4, -0.2) is 26.1 Å². The average Bonchev–Trinajstić information content (AvgIpc) is 3.13. The van der Waals surface area contributed by atoms with Crippen LogP contribution in [0.25, 0.3) is 21.9 Å². The van der Waals surface area contributed by atoms with Crippen LogP contribution in [-0.2, 0) is 6.61 Å². The highest BCUT2D eigenvalue weighted by atomic mass is 16.7. The summed E-state index contributed by atoms with van der Waals surface area (Å²) in [7, 11) is 3.23. The van der Waals surface area contributed by atoms with Crippen molar-refractivity contribution in [2.45, 2.75) is 6.61 Å². The molecule has 0 aliphatic carbocycles. The first-order chi connectivity index (χ1) is 12.2. The van der Waals surface area contributed by atoms with E-state index in [1.165, 1.54) is 0 Å². The van der Waals surface area contributed by atoms with Crippen molar-refractivity contribution < 1.29 is 24.1 Å². The zero-order valence-electron chi connectivity index (χ0n) is 14.0. The fourth-order valence-electron chi connectivity index (χ4n) is 3.22. The largest absolute Gasteiger partial charge is 0.493 e. The first-order valence-corrected chi connectivity index (χ1v) is 7.93. The lowest BCUT2D eigenvalue weighted by Crippen LogP contribution is -1.95. The molecule has 0 aromatic heterocycles. The van der Waals surface area contributed by atoms with E-state index in [0.717, 1.165) is 33.2 Å². The molecule has 3 aromatic carbocycles. The van der Waals surface area contributed by atoms with Crippen LogP contribution in [0.4, 0.5) is 0 Å². The van der Waals surface area contributed by atoms with Gasteiger partial charge in [-0.3, -0.25) is 0 Å². The molecule has 5 nitrogen and oxygen atoms in total. The Kier molecular flexibility index (Phi) is 3.86. The fraction of sp³-hybridized carbons (Fsp3) is 0.200. The number of fused-ring (bicyclic) bond motifs is 2. The fourth-order valence-corrected chi connectivity index (χ4v) is 3.22. The molecule has 1 aliphatic rings. The summed E-state index contributed by atoms with van der Waals surface area (Å²) in [5, 5.41) is 11.8. The number of aliphatic hydroxyl groups excluding tert-OH is 1. The van der Waals surface area contributed by atoms with Crippen molar-refractivity contribution in [3.8, 4) is 34.1 Å². The Hall–Kier alpha value is -2.92. The van der Waals surface area contributed by atoms with Gasteiger partial charge in [0.2, 0.25) is 6.79 Å². The lowest BCUT2D eigenvalue weighted by molar-refractivity contribution is 0.174. The molecular formula is C20H18O5. The molecule has 1 N–H and O–H groups in total. The van der Waals surface area contributed by atoms with Crippen molar-refractivity contribution in [2.24, 2.45) is 0 Å². The first-order valence-electron chi connectivity index (χ1n) is 7.93. The number of ether oxygens (including phenoxy) is 4. The van der Waals surface area contributed by atoms with E-state index in [2.05, 4.69) is 0 Å². The van der Waals surface area contributed by atoms with Gasteiger partial charge < -0.3 is 24.1 Å². The zero-order valence-corrected chi connectivity index (χ0v) is 14.0. The van der Waals surface area contributed by atoms with Gasteiger partial charge >= 0.3 is 0 Å². The highest BCUT2D eigenvalue weighted by Crippen LogP contribution is 2.42. The van der Waals surface area contributed by atoms with Crippen LogP contribution in [0.15, 0.2) is 42.5 Å². The molecule has 5 heteroatoms. The smallest absolute Gasteiger partial charge is 0.231 e. The molecule has 1 aliphatic heterocycles. The molecule has 0 fully saturated rings. The maximum atomic E-state index is 9.85. The second kappa shape index (κ2) is 6.18. The SMILES string of the molecule is COc1cc2ccc(CO)c(-c3ccc4c(c3)OCO4)c2cc1OC. The quantitative estimate of drug-likeness (QED) is 0.785. The van der Waals surface area contributed by atoms with Gasteiger partial charge in [-0.05, 0) is 51.7 Å². The summed E-state index contributed by atoms with van der Waals surface area (Å²) >= 11 is 0. The molecule has 0 atom stereocenters. The molecule has 25 heavy (non-hydrogen) atoms. The van der Waals surface area contributed by atoms with Crippen LogP contribution in [0.3, 0.4) is 0 Å². The third kappa shape index (κ3) is 2.53. The minimum atomic E-state index is -0.0614. The number of rotatable bonds is 4. The van der Waals surface area contributed by atoms with E-state index in [1.807, 2.05) is 42.5 Å². The van der Waals surface area contributed by atoms with Crippen molar-refractivity contribution >= 4 is 10.8 Å². The van der Waals surface area contributed by atoms with Crippen LogP contribution >= 0.6 is 0 Å². The van der Waals surface area contributed by atoms with E-state index in [9.17, 15) is 5.11 Å². The normalized spacial score (nSPS) is 12.4. The molecule has 0 spiro atoms. The Morgan fingerprint density at radius 2 is 1.68 bits per heavy atom. The summed E-state index contributed by atoms with van der Waals surface area (Å²) in [5.74, 6) is 2.75.